The number of nitrogens with zero attached hydrogens (tertiary/aromatic N) is 2. The van der Waals surface area contributed by atoms with E-state index >= 15 is 4.39 Å². The molecule has 5 nitrogen and oxygen atoms in total. The molecule has 2 aromatic heterocycles. The highest BCUT2D eigenvalue weighted by molar-refractivity contribution is 6.17. The smallest absolute Gasteiger partial charge is 0.169 e. The van der Waals surface area contributed by atoms with Crippen molar-refractivity contribution in [2.45, 2.75) is 46.1 Å². The average Bonchev–Trinajstić information content (AvgIpc) is 3.55. The predicted molar refractivity (Wildman–Crippen MR) is 164 cm³/mol. The molecule has 5 rings (SSSR count). The topological polar surface area (TPSA) is 56.0 Å². The molecule has 1 aromatic carbocycles. The molecule has 1 aliphatic heterocycles. The van der Waals surface area contributed by atoms with Gasteiger partial charge >= 0.3 is 0 Å². The first-order valence-electron chi connectivity index (χ1n) is 14.0. The van der Waals surface area contributed by atoms with Gasteiger partial charge in [-0.3, -0.25) is 0 Å². The van der Waals surface area contributed by atoms with Crippen molar-refractivity contribution in [1.29, 1.82) is 0 Å². The van der Waals surface area contributed by atoms with Crippen molar-refractivity contribution in [3.05, 3.63) is 96.0 Å². The molecule has 0 spiro atoms. The summed E-state index contributed by atoms with van der Waals surface area (Å²) in [4.78, 5) is 10.5. The Kier molecular flexibility index (Phi) is 7.66. The first-order chi connectivity index (χ1) is 19.4. The highest BCUT2D eigenvalue weighted by atomic mass is 19.2. The molecule has 0 bridgehead atoms. The zero-order chi connectivity index (χ0) is 28.6. The SMILES string of the molecule is C=CNC1=C/C=C(C=C)\C=C(c2cnc3[nH]c4c(NC)cc(F)c(F)c4c3c2N2CCC(CC)C2CC)/C=C\1C. The number of halogens is 2. The van der Waals surface area contributed by atoms with Gasteiger partial charge in [0.15, 0.2) is 11.6 Å². The summed E-state index contributed by atoms with van der Waals surface area (Å²) in [7, 11) is 1.70. The van der Waals surface area contributed by atoms with Crippen LogP contribution in [-0.4, -0.2) is 29.6 Å². The maximum absolute atomic E-state index is 15.7. The molecule has 40 heavy (non-hydrogen) atoms. The van der Waals surface area contributed by atoms with Crippen LogP contribution in [0.15, 0.2) is 78.8 Å². The molecule has 3 heterocycles. The first-order valence-corrected chi connectivity index (χ1v) is 14.0. The summed E-state index contributed by atoms with van der Waals surface area (Å²) in [5.74, 6) is -1.25. The molecular weight excluding hydrogens is 504 g/mol. The van der Waals surface area contributed by atoms with Crippen LogP contribution >= 0.6 is 0 Å². The number of nitrogens with one attached hydrogen (secondary N) is 3. The van der Waals surface area contributed by atoms with E-state index < -0.39 is 11.6 Å². The van der Waals surface area contributed by atoms with Gasteiger partial charge in [0.25, 0.3) is 0 Å². The van der Waals surface area contributed by atoms with Crippen molar-refractivity contribution < 1.29 is 8.78 Å². The Balaban J connectivity index is 1.89. The summed E-state index contributed by atoms with van der Waals surface area (Å²) >= 11 is 0. The van der Waals surface area contributed by atoms with Crippen LogP contribution in [0.25, 0.3) is 27.5 Å². The largest absolute Gasteiger partial charge is 0.386 e. The molecule has 3 N–H and O–H groups in total. The predicted octanol–water partition coefficient (Wildman–Crippen LogP) is 8.12. The van der Waals surface area contributed by atoms with Gasteiger partial charge in [0, 0.05) is 43.2 Å². The molecule has 2 atom stereocenters. The van der Waals surface area contributed by atoms with Gasteiger partial charge < -0.3 is 20.5 Å². The number of aromatic nitrogens is 2. The van der Waals surface area contributed by atoms with Gasteiger partial charge in [-0.25, -0.2) is 13.8 Å². The highest BCUT2D eigenvalue weighted by Crippen LogP contribution is 2.46. The van der Waals surface area contributed by atoms with Crippen LogP contribution in [0.5, 0.6) is 0 Å². The van der Waals surface area contributed by atoms with Crippen LogP contribution in [-0.2, 0) is 0 Å². The number of H-pyrrole nitrogens is 1. The van der Waals surface area contributed by atoms with Gasteiger partial charge in [-0.2, -0.15) is 0 Å². The Bertz CT molecular complexity index is 1620. The van der Waals surface area contributed by atoms with E-state index in [0.717, 1.165) is 59.5 Å². The van der Waals surface area contributed by atoms with Crippen molar-refractivity contribution >= 4 is 38.9 Å². The van der Waals surface area contributed by atoms with Crippen LogP contribution in [0.3, 0.4) is 0 Å². The molecule has 1 aliphatic carbocycles. The minimum atomic E-state index is -0.892. The lowest BCUT2D eigenvalue weighted by molar-refractivity contribution is 0.447. The number of anilines is 2. The van der Waals surface area contributed by atoms with Gasteiger partial charge in [-0.15, -0.1) is 0 Å². The normalized spacial score (nSPS) is 24.7. The number of rotatable bonds is 8. The fourth-order valence-electron chi connectivity index (χ4n) is 6.32. The number of pyridine rings is 1. The van der Waals surface area contributed by atoms with Crippen molar-refractivity contribution in [3.8, 4) is 0 Å². The third kappa shape index (κ3) is 4.53. The molecule has 0 saturated carbocycles. The third-order valence-corrected chi connectivity index (χ3v) is 8.31. The number of hydrogen-bond donors (Lipinski definition) is 3. The second-order valence-electron chi connectivity index (χ2n) is 10.4. The van der Waals surface area contributed by atoms with Crippen LogP contribution in [0, 0.1) is 17.6 Å². The quantitative estimate of drug-likeness (QED) is 0.270. The maximum atomic E-state index is 15.7. The Labute approximate surface area is 234 Å². The van der Waals surface area contributed by atoms with E-state index in [1.165, 1.54) is 6.07 Å². The van der Waals surface area contributed by atoms with E-state index in [1.807, 2.05) is 25.3 Å². The van der Waals surface area contributed by atoms with Gasteiger partial charge in [0.05, 0.1) is 27.7 Å². The third-order valence-electron chi connectivity index (χ3n) is 8.31. The average molecular weight is 542 g/mol. The number of aromatic amines is 1. The first kappa shape index (κ1) is 27.4. The Morgan fingerprint density at radius 1 is 1.15 bits per heavy atom. The Hall–Kier alpha value is -4.13. The summed E-state index contributed by atoms with van der Waals surface area (Å²) < 4.78 is 30.7. The van der Waals surface area contributed by atoms with Crippen molar-refractivity contribution in [2.75, 3.05) is 23.8 Å². The molecule has 0 amide bonds. The minimum Gasteiger partial charge on any atom is -0.386 e. The minimum absolute atomic E-state index is 0.221. The number of fused-ring (bicyclic) bond motifs is 3. The monoisotopic (exact) mass is 541 g/mol. The molecule has 2 unspecified atom stereocenters. The molecular formula is C33H37F2N5. The van der Waals surface area contributed by atoms with Crippen LogP contribution in [0.2, 0.25) is 0 Å². The fraction of sp³-hybridized carbons (Fsp3) is 0.303. The van der Waals surface area contributed by atoms with Crippen molar-refractivity contribution in [2.24, 2.45) is 5.92 Å². The lowest BCUT2D eigenvalue weighted by atomic mass is 9.93. The second-order valence-corrected chi connectivity index (χ2v) is 10.4. The van der Waals surface area contributed by atoms with Crippen LogP contribution < -0.4 is 15.5 Å². The number of hydrogen-bond acceptors (Lipinski definition) is 4. The molecule has 3 aromatic rings. The summed E-state index contributed by atoms with van der Waals surface area (Å²) in [6.45, 7) is 15.1. The van der Waals surface area contributed by atoms with Crippen LogP contribution in [0.4, 0.5) is 20.2 Å². The standard InChI is InChI=1S/C33H37F2N5/c1-7-20-11-12-25(37-10-4)19(5)15-22(16-20)23-18-38-33-29(32(23)40-14-13-21(8-2)27(40)9-3)28-30(35)24(34)17-26(36-6)31(28)39-33/h7,10-12,15-18,21,27,36-37H,1,4,8-9,13-14H2,2-3,5-6H3,(H,38,39)/b12-11?,19-15-,20-11-,20-16?,22-15?,22-16+,25-12+,25-19?. The molecule has 1 fully saturated rings. The number of benzene rings is 1. The van der Waals surface area contributed by atoms with Gasteiger partial charge in [-0.1, -0.05) is 45.6 Å². The van der Waals surface area contributed by atoms with Gasteiger partial charge in [0.1, 0.15) is 5.65 Å². The van der Waals surface area contributed by atoms with Crippen molar-refractivity contribution in [3.63, 3.8) is 0 Å². The molecule has 2 aliphatic rings. The summed E-state index contributed by atoms with van der Waals surface area (Å²) in [6, 6.07) is 1.46. The molecule has 0 radical (unpaired) electrons. The van der Waals surface area contributed by atoms with E-state index in [-0.39, 0.29) is 11.4 Å². The lowest BCUT2D eigenvalue weighted by Gasteiger charge is -2.32. The van der Waals surface area contributed by atoms with Gasteiger partial charge in [-0.05, 0) is 66.8 Å². The van der Waals surface area contributed by atoms with E-state index in [0.29, 0.717) is 28.2 Å². The lowest BCUT2D eigenvalue weighted by Crippen LogP contribution is -2.33. The molecule has 1 saturated heterocycles. The highest BCUT2D eigenvalue weighted by Gasteiger charge is 2.35. The van der Waals surface area contributed by atoms with E-state index in [9.17, 15) is 4.39 Å². The van der Waals surface area contributed by atoms with E-state index in [4.69, 9.17) is 4.98 Å². The second kappa shape index (κ2) is 11.2. The Morgan fingerprint density at radius 2 is 1.95 bits per heavy atom. The Morgan fingerprint density at radius 3 is 2.62 bits per heavy atom. The summed E-state index contributed by atoms with van der Waals surface area (Å²) in [6.07, 6.45) is 16.5. The molecule has 7 heteroatoms. The summed E-state index contributed by atoms with van der Waals surface area (Å²) in [5.41, 5.74) is 7.02. The van der Waals surface area contributed by atoms with Crippen LogP contribution in [0.1, 0.15) is 45.6 Å². The van der Waals surface area contributed by atoms with Gasteiger partial charge in [0.2, 0.25) is 0 Å². The summed E-state index contributed by atoms with van der Waals surface area (Å²) in [5, 5.41) is 7.06. The van der Waals surface area contributed by atoms with E-state index in [2.05, 4.69) is 59.7 Å². The zero-order valence-electron chi connectivity index (χ0n) is 23.7. The fourth-order valence-corrected chi connectivity index (χ4v) is 6.32. The maximum Gasteiger partial charge on any atom is 0.169 e. The van der Waals surface area contributed by atoms with Crippen molar-refractivity contribution in [1.82, 2.24) is 15.3 Å². The molecule has 208 valence electrons. The number of allylic oxidation sites excluding steroid dienone is 8. The zero-order valence-corrected chi connectivity index (χ0v) is 23.7. The van der Waals surface area contributed by atoms with E-state index in [1.54, 1.807) is 19.3 Å².